The Hall–Kier alpha value is -2.87. The van der Waals surface area contributed by atoms with Crippen molar-refractivity contribution in [2.45, 2.75) is 39.0 Å². The lowest BCUT2D eigenvalue weighted by atomic mass is 9.96. The van der Waals surface area contributed by atoms with Gasteiger partial charge in [0.1, 0.15) is 18.2 Å². The predicted octanol–water partition coefficient (Wildman–Crippen LogP) is 2.77. The molecule has 0 radical (unpaired) electrons. The maximum absolute atomic E-state index is 13.0. The number of nitrogens with one attached hydrogen (secondary N) is 1. The summed E-state index contributed by atoms with van der Waals surface area (Å²) in [5, 5.41) is 2.76. The number of halogens is 1. The highest BCUT2D eigenvalue weighted by Crippen LogP contribution is 2.26. The van der Waals surface area contributed by atoms with Gasteiger partial charge in [0.05, 0.1) is 6.42 Å². The number of nitrogens with zero attached hydrogens (tertiary/aromatic N) is 3. The van der Waals surface area contributed by atoms with Crippen molar-refractivity contribution >= 4 is 17.5 Å². The monoisotopic (exact) mass is 414 g/mol. The first-order valence-electron chi connectivity index (χ1n) is 10.0. The Bertz CT molecular complexity index is 894. The fourth-order valence-electron chi connectivity index (χ4n) is 3.73. The minimum atomic E-state index is -0.353. The Balaban J connectivity index is 1.69. The second-order valence-corrected chi connectivity index (χ2v) is 7.57. The molecule has 2 heterocycles. The summed E-state index contributed by atoms with van der Waals surface area (Å²) in [5.74, 6) is 0.193. The number of aryl methyl sites for hydroxylation is 2. The van der Waals surface area contributed by atoms with Crippen LogP contribution in [0.3, 0.4) is 0 Å². The van der Waals surface area contributed by atoms with Crippen LogP contribution in [0.15, 0.2) is 24.3 Å². The van der Waals surface area contributed by atoms with Crippen molar-refractivity contribution in [3.8, 4) is 0 Å². The van der Waals surface area contributed by atoms with E-state index in [0.29, 0.717) is 18.1 Å². The molecule has 1 fully saturated rings. The zero-order valence-corrected chi connectivity index (χ0v) is 17.6. The lowest BCUT2D eigenvalue weighted by molar-refractivity contribution is -0.136. The van der Waals surface area contributed by atoms with Crippen LogP contribution in [0.2, 0.25) is 0 Å². The van der Waals surface area contributed by atoms with Crippen LogP contribution >= 0.6 is 0 Å². The number of amides is 2. The number of hydrogen-bond donors (Lipinski definition) is 1. The lowest BCUT2D eigenvalue weighted by Gasteiger charge is -2.32. The molecule has 1 N–H and O–H groups in total. The van der Waals surface area contributed by atoms with Gasteiger partial charge in [0, 0.05) is 48.8 Å². The van der Waals surface area contributed by atoms with Gasteiger partial charge in [-0.05, 0) is 51.0 Å². The third-order valence-corrected chi connectivity index (χ3v) is 5.31. The Morgan fingerprint density at radius 3 is 2.50 bits per heavy atom. The first-order chi connectivity index (χ1) is 14.4. The highest BCUT2D eigenvalue weighted by molar-refractivity contribution is 5.92. The number of benzene rings is 1. The smallest absolute Gasteiger partial charge is 0.248 e. The third kappa shape index (κ3) is 5.38. The van der Waals surface area contributed by atoms with E-state index in [-0.39, 0.29) is 36.6 Å². The van der Waals surface area contributed by atoms with Crippen LogP contribution in [0.25, 0.3) is 0 Å². The molecule has 1 atom stereocenters. The summed E-state index contributed by atoms with van der Waals surface area (Å²) in [5.41, 5.74) is 2.83. The van der Waals surface area contributed by atoms with Crippen molar-refractivity contribution in [1.82, 2.24) is 14.9 Å². The van der Waals surface area contributed by atoms with Gasteiger partial charge in [-0.3, -0.25) is 9.59 Å². The van der Waals surface area contributed by atoms with Crippen molar-refractivity contribution in [2.24, 2.45) is 0 Å². The van der Waals surface area contributed by atoms with E-state index in [4.69, 9.17) is 4.74 Å². The highest BCUT2D eigenvalue weighted by Gasteiger charge is 2.27. The second-order valence-electron chi connectivity index (χ2n) is 7.57. The number of ether oxygens (including phenoxy) is 1. The Kier molecular flexibility index (Phi) is 7.10. The molecule has 1 aliphatic rings. The van der Waals surface area contributed by atoms with Gasteiger partial charge >= 0.3 is 0 Å². The number of anilines is 1. The molecule has 1 saturated heterocycles. The maximum atomic E-state index is 13.0. The number of piperidine rings is 1. The molecular weight excluding hydrogens is 387 g/mol. The topological polar surface area (TPSA) is 84.4 Å². The summed E-state index contributed by atoms with van der Waals surface area (Å²) in [7, 11) is 1.51. The molecule has 2 amide bonds. The van der Waals surface area contributed by atoms with Crippen LogP contribution in [-0.2, 0) is 20.7 Å². The first-order valence-corrected chi connectivity index (χ1v) is 10.0. The summed E-state index contributed by atoms with van der Waals surface area (Å²) in [6, 6.07) is 5.64. The largest absolute Gasteiger partial charge is 0.375 e. The zero-order valence-electron chi connectivity index (χ0n) is 17.6. The standard InChI is InChI=1S/C22H27FN4O3/c1-14-19(11-20(28)26-18-8-6-17(23)7-9-18)15(2)25-22(24-14)16-5-4-10-27(12-16)21(29)13-30-3/h6-9,16H,4-5,10-13H2,1-3H3,(H,26,28). The van der Waals surface area contributed by atoms with E-state index in [1.165, 1.54) is 31.4 Å². The van der Waals surface area contributed by atoms with E-state index in [2.05, 4.69) is 15.3 Å². The molecule has 8 heteroatoms. The second kappa shape index (κ2) is 9.75. The van der Waals surface area contributed by atoms with Gasteiger partial charge in [-0.15, -0.1) is 0 Å². The number of rotatable bonds is 6. The van der Waals surface area contributed by atoms with Gasteiger partial charge in [-0.25, -0.2) is 14.4 Å². The molecule has 1 aliphatic heterocycles. The average molecular weight is 414 g/mol. The summed E-state index contributed by atoms with van der Waals surface area (Å²) < 4.78 is 18.0. The molecule has 7 nitrogen and oxygen atoms in total. The van der Waals surface area contributed by atoms with E-state index in [0.717, 1.165) is 36.3 Å². The van der Waals surface area contributed by atoms with Gasteiger partial charge in [-0.2, -0.15) is 0 Å². The van der Waals surface area contributed by atoms with E-state index in [9.17, 15) is 14.0 Å². The van der Waals surface area contributed by atoms with Crippen LogP contribution in [-0.4, -0.2) is 53.5 Å². The summed E-state index contributed by atoms with van der Waals surface area (Å²) in [6.45, 7) is 5.11. The molecular formula is C22H27FN4O3. The molecule has 0 bridgehead atoms. The number of hydrogen-bond acceptors (Lipinski definition) is 5. The van der Waals surface area contributed by atoms with Crippen LogP contribution in [0.1, 0.15) is 41.5 Å². The fraction of sp³-hybridized carbons (Fsp3) is 0.455. The Labute approximate surface area is 175 Å². The van der Waals surface area contributed by atoms with E-state index in [1.807, 2.05) is 13.8 Å². The number of carbonyl (C=O) groups excluding carboxylic acids is 2. The number of carbonyl (C=O) groups is 2. The van der Waals surface area contributed by atoms with Crippen molar-refractivity contribution in [1.29, 1.82) is 0 Å². The minimum Gasteiger partial charge on any atom is -0.375 e. The van der Waals surface area contributed by atoms with Crippen molar-refractivity contribution in [3.05, 3.63) is 52.9 Å². The Morgan fingerprint density at radius 1 is 1.20 bits per heavy atom. The van der Waals surface area contributed by atoms with E-state index in [1.54, 1.807) is 4.90 Å². The molecule has 1 unspecified atom stereocenters. The number of likely N-dealkylation sites (tertiary alicyclic amines) is 1. The zero-order chi connectivity index (χ0) is 21.7. The normalized spacial score (nSPS) is 16.4. The van der Waals surface area contributed by atoms with Crippen molar-refractivity contribution in [3.63, 3.8) is 0 Å². The quantitative estimate of drug-likeness (QED) is 0.786. The molecule has 3 rings (SSSR count). The third-order valence-electron chi connectivity index (χ3n) is 5.31. The summed E-state index contributed by atoms with van der Waals surface area (Å²) >= 11 is 0. The van der Waals surface area contributed by atoms with Crippen LogP contribution in [0.5, 0.6) is 0 Å². The van der Waals surface area contributed by atoms with Crippen LogP contribution in [0, 0.1) is 19.7 Å². The average Bonchev–Trinajstić information content (AvgIpc) is 2.72. The van der Waals surface area contributed by atoms with Crippen molar-refractivity contribution < 1.29 is 18.7 Å². The molecule has 1 aromatic carbocycles. The SMILES string of the molecule is COCC(=O)N1CCCC(c2nc(C)c(CC(=O)Nc3ccc(F)cc3)c(C)n2)C1. The molecule has 0 spiro atoms. The first kappa shape index (κ1) is 21.8. The number of aromatic nitrogens is 2. The van der Waals surface area contributed by atoms with Crippen LogP contribution < -0.4 is 5.32 Å². The molecule has 0 saturated carbocycles. The van der Waals surface area contributed by atoms with Gasteiger partial charge in [0.15, 0.2) is 0 Å². The summed E-state index contributed by atoms with van der Waals surface area (Å²) in [4.78, 5) is 35.7. The molecule has 30 heavy (non-hydrogen) atoms. The van der Waals surface area contributed by atoms with Crippen molar-refractivity contribution in [2.75, 3.05) is 32.1 Å². The maximum Gasteiger partial charge on any atom is 0.248 e. The van der Waals surface area contributed by atoms with E-state index < -0.39 is 0 Å². The number of methoxy groups -OCH3 is 1. The van der Waals surface area contributed by atoms with Gasteiger partial charge in [0.2, 0.25) is 11.8 Å². The molecule has 1 aromatic heterocycles. The molecule has 0 aliphatic carbocycles. The minimum absolute atomic E-state index is 0.0234. The Morgan fingerprint density at radius 2 is 1.87 bits per heavy atom. The van der Waals surface area contributed by atoms with Gasteiger partial charge in [-0.1, -0.05) is 0 Å². The molecule has 160 valence electrons. The molecule has 2 aromatic rings. The predicted molar refractivity (Wildman–Crippen MR) is 111 cm³/mol. The van der Waals surface area contributed by atoms with Crippen LogP contribution in [0.4, 0.5) is 10.1 Å². The van der Waals surface area contributed by atoms with Gasteiger partial charge < -0.3 is 15.0 Å². The van der Waals surface area contributed by atoms with Gasteiger partial charge in [0.25, 0.3) is 0 Å². The lowest BCUT2D eigenvalue weighted by Crippen LogP contribution is -2.41. The van der Waals surface area contributed by atoms with E-state index >= 15 is 0 Å². The highest BCUT2D eigenvalue weighted by atomic mass is 19.1. The summed E-state index contributed by atoms with van der Waals surface area (Å²) in [6.07, 6.45) is 1.95. The fourth-order valence-corrected chi connectivity index (χ4v) is 3.73.